The molecule has 0 aliphatic heterocycles. The lowest BCUT2D eigenvalue weighted by molar-refractivity contribution is 0.403. The molecule has 0 unspecified atom stereocenters. The standard InChI is InChI=1S/C24H26O4/c1-13-7-18(8-14(2)23(13)27)20(11-17-5-6-21(25)22(26)12-17)19-9-15(3)24(28)16(4)10-19/h5-10,12,20,25-28H,11H2,1-4H3. The van der Waals surface area contributed by atoms with E-state index in [4.69, 9.17) is 0 Å². The van der Waals surface area contributed by atoms with Crippen LogP contribution in [0.1, 0.15) is 44.9 Å². The molecule has 0 aromatic heterocycles. The first-order valence-corrected chi connectivity index (χ1v) is 9.28. The maximum Gasteiger partial charge on any atom is 0.157 e. The van der Waals surface area contributed by atoms with Crippen LogP contribution in [0.15, 0.2) is 42.5 Å². The number of hydrogen-bond acceptors (Lipinski definition) is 4. The van der Waals surface area contributed by atoms with E-state index in [9.17, 15) is 20.4 Å². The molecule has 4 nitrogen and oxygen atoms in total. The molecule has 146 valence electrons. The second-order valence-electron chi connectivity index (χ2n) is 7.59. The number of aromatic hydroxyl groups is 4. The first-order chi connectivity index (χ1) is 13.2. The third-order valence-electron chi connectivity index (χ3n) is 5.31. The highest BCUT2D eigenvalue weighted by Crippen LogP contribution is 2.37. The summed E-state index contributed by atoms with van der Waals surface area (Å²) in [4.78, 5) is 0. The number of rotatable bonds is 4. The molecule has 0 spiro atoms. The van der Waals surface area contributed by atoms with Gasteiger partial charge in [-0.3, -0.25) is 0 Å². The zero-order valence-corrected chi connectivity index (χ0v) is 16.6. The number of phenols is 4. The van der Waals surface area contributed by atoms with E-state index in [1.807, 2.05) is 52.0 Å². The van der Waals surface area contributed by atoms with Crippen molar-refractivity contribution in [2.75, 3.05) is 0 Å². The summed E-state index contributed by atoms with van der Waals surface area (Å²) in [6, 6.07) is 12.8. The molecule has 28 heavy (non-hydrogen) atoms. The van der Waals surface area contributed by atoms with Gasteiger partial charge in [0, 0.05) is 5.92 Å². The van der Waals surface area contributed by atoms with Crippen molar-refractivity contribution in [1.29, 1.82) is 0 Å². The monoisotopic (exact) mass is 378 g/mol. The van der Waals surface area contributed by atoms with E-state index >= 15 is 0 Å². The fourth-order valence-corrected chi connectivity index (χ4v) is 3.74. The predicted octanol–water partition coefficient (Wildman–Crippen LogP) is 5.12. The number of benzene rings is 3. The highest BCUT2D eigenvalue weighted by Gasteiger charge is 2.20. The third kappa shape index (κ3) is 3.77. The first-order valence-electron chi connectivity index (χ1n) is 9.28. The molecule has 0 atom stereocenters. The van der Waals surface area contributed by atoms with Crippen LogP contribution in [0.3, 0.4) is 0 Å². The van der Waals surface area contributed by atoms with Gasteiger partial charge in [-0.15, -0.1) is 0 Å². The Kier molecular flexibility index (Phi) is 5.23. The first kappa shape index (κ1) is 19.6. The molecule has 0 fully saturated rings. The van der Waals surface area contributed by atoms with Gasteiger partial charge in [0.2, 0.25) is 0 Å². The van der Waals surface area contributed by atoms with E-state index in [1.165, 1.54) is 6.07 Å². The second kappa shape index (κ2) is 7.47. The van der Waals surface area contributed by atoms with Crippen molar-refractivity contribution in [3.05, 3.63) is 81.4 Å². The van der Waals surface area contributed by atoms with E-state index < -0.39 is 0 Å². The highest BCUT2D eigenvalue weighted by atomic mass is 16.3. The van der Waals surface area contributed by atoms with Crippen LogP contribution in [0.4, 0.5) is 0 Å². The van der Waals surface area contributed by atoms with Gasteiger partial charge in [-0.25, -0.2) is 0 Å². The summed E-state index contributed by atoms with van der Waals surface area (Å²) in [5.41, 5.74) is 6.20. The molecule has 0 saturated heterocycles. The van der Waals surface area contributed by atoms with Gasteiger partial charge >= 0.3 is 0 Å². The molecule has 4 heteroatoms. The zero-order chi connectivity index (χ0) is 20.6. The van der Waals surface area contributed by atoms with Crippen LogP contribution < -0.4 is 0 Å². The molecule has 0 bridgehead atoms. The van der Waals surface area contributed by atoms with E-state index in [-0.39, 0.29) is 17.4 Å². The average Bonchev–Trinajstić information content (AvgIpc) is 2.64. The lowest BCUT2D eigenvalue weighted by Crippen LogP contribution is -2.07. The molecule has 3 aromatic carbocycles. The smallest absolute Gasteiger partial charge is 0.157 e. The fraction of sp³-hybridized carbons (Fsp3) is 0.250. The second-order valence-corrected chi connectivity index (χ2v) is 7.59. The van der Waals surface area contributed by atoms with Crippen LogP contribution in [0.2, 0.25) is 0 Å². The van der Waals surface area contributed by atoms with Crippen LogP contribution in [0.5, 0.6) is 23.0 Å². The van der Waals surface area contributed by atoms with Crippen LogP contribution in [-0.2, 0) is 6.42 Å². The Morgan fingerprint density at radius 1 is 0.607 bits per heavy atom. The van der Waals surface area contributed by atoms with Crippen molar-refractivity contribution in [2.24, 2.45) is 0 Å². The molecule has 4 N–H and O–H groups in total. The third-order valence-corrected chi connectivity index (χ3v) is 5.31. The van der Waals surface area contributed by atoms with Crippen molar-refractivity contribution < 1.29 is 20.4 Å². The molecule has 0 heterocycles. The van der Waals surface area contributed by atoms with E-state index in [0.29, 0.717) is 17.9 Å². The van der Waals surface area contributed by atoms with Crippen molar-refractivity contribution in [1.82, 2.24) is 0 Å². The van der Waals surface area contributed by atoms with Crippen LogP contribution >= 0.6 is 0 Å². The maximum atomic E-state index is 10.2. The van der Waals surface area contributed by atoms with Crippen molar-refractivity contribution >= 4 is 0 Å². The molecular formula is C24H26O4. The van der Waals surface area contributed by atoms with Crippen LogP contribution in [-0.4, -0.2) is 20.4 Å². The fourth-order valence-electron chi connectivity index (χ4n) is 3.74. The summed E-state index contributed by atoms with van der Waals surface area (Å²) in [7, 11) is 0. The molecule has 0 aliphatic rings. The van der Waals surface area contributed by atoms with Crippen molar-refractivity contribution in [3.8, 4) is 23.0 Å². The van der Waals surface area contributed by atoms with Gasteiger partial charge in [0.1, 0.15) is 11.5 Å². The highest BCUT2D eigenvalue weighted by molar-refractivity contribution is 5.50. The Labute approximate surface area is 165 Å². The lowest BCUT2D eigenvalue weighted by atomic mass is 9.83. The molecule has 3 rings (SSSR count). The number of phenolic OH excluding ortho intramolecular Hbond substituents is 4. The largest absolute Gasteiger partial charge is 0.507 e. The van der Waals surface area contributed by atoms with Gasteiger partial charge in [-0.05, 0) is 85.2 Å². The zero-order valence-electron chi connectivity index (χ0n) is 16.6. The Bertz CT molecular complexity index is 933. The van der Waals surface area contributed by atoms with E-state index in [2.05, 4.69) is 0 Å². The lowest BCUT2D eigenvalue weighted by Gasteiger charge is -2.22. The predicted molar refractivity (Wildman–Crippen MR) is 110 cm³/mol. The summed E-state index contributed by atoms with van der Waals surface area (Å²) in [6.07, 6.45) is 0.598. The minimum Gasteiger partial charge on any atom is -0.507 e. The minimum absolute atomic E-state index is 0.0417. The van der Waals surface area contributed by atoms with Gasteiger partial charge in [-0.1, -0.05) is 30.3 Å². The molecule has 0 amide bonds. The molecule has 0 saturated carbocycles. The van der Waals surface area contributed by atoms with Gasteiger partial charge in [0.05, 0.1) is 0 Å². The van der Waals surface area contributed by atoms with Crippen LogP contribution in [0.25, 0.3) is 0 Å². The Balaban J connectivity index is 2.14. The van der Waals surface area contributed by atoms with Gasteiger partial charge < -0.3 is 20.4 Å². The normalized spacial score (nSPS) is 11.2. The van der Waals surface area contributed by atoms with E-state index in [1.54, 1.807) is 12.1 Å². The summed E-state index contributed by atoms with van der Waals surface area (Å²) >= 11 is 0. The molecule has 0 radical (unpaired) electrons. The quantitative estimate of drug-likeness (QED) is 0.475. The number of aryl methyl sites for hydroxylation is 4. The Morgan fingerprint density at radius 2 is 1.04 bits per heavy atom. The summed E-state index contributed by atoms with van der Waals surface area (Å²) in [6.45, 7) is 7.51. The minimum atomic E-state index is -0.146. The number of hydrogen-bond donors (Lipinski definition) is 4. The summed E-state index contributed by atoms with van der Waals surface area (Å²) < 4.78 is 0. The average molecular weight is 378 g/mol. The SMILES string of the molecule is Cc1cc(C(Cc2ccc(O)c(O)c2)c2cc(C)c(O)c(C)c2)cc(C)c1O. The van der Waals surface area contributed by atoms with Gasteiger partial charge in [0.15, 0.2) is 11.5 Å². The maximum absolute atomic E-state index is 10.2. The molecule has 0 aliphatic carbocycles. The topological polar surface area (TPSA) is 80.9 Å². The molecular weight excluding hydrogens is 352 g/mol. The van der Waals surface area contributed by atoms with Crippen molar-refractivity contribution in [3.63, 3.8) is 0 Å². The van der Waals surface area contributed by atoms with Gasteiger partial charge in [0.25, 0.3) is 0 Å². The summed E-state index contributed by atoms with van der Waals surface area (Å²) in [5, 5.41) is 39.8. The molecule has 3 aromatic rings. The van der Waals surface area contributed by atoms with Crippen molar-refractivity contribution in [2.45, 2.75) is 40.0 Å². The Hall–Kier alpha value is -3.14. The van der Waals surface area contributed by atoms with Gasteiger partial charge in [-0.2, -0.15) is 0 Å². The summed E-state index contributed by atoms with van der Waals surface area (Å²) in [5.74, 6) is 0.256. The van der Waals surface area contributed by atoms with Crippen LogP contribution in [0, 0.1) is 27.7 Å². The Morgan fingerprint density at radius 3 is 1.43 bits per heavy atom. The van der Waals surface area contributed by atoms with E-state index in [0.717, 1.165) is 38.9 Å².